The molecule has 0 radical (unpaired) electrons. The Kier molecular flexibility index (Phi) is 4.75. The SMILES string of the molecule is CC(=O)NCCSc1nc(C)nc2scc(-c3cccs3)c12. The van der Waals surface area contributed by atoms with Crippen LogP contribution in [0.5, 0.6) is 0 Å². The minimum Gasteiger partial charge on any atom is -0.356 e. The smallest absolute Gasteiger partial charge is 0.216 e. The van der Waals surface area contributed by atoms with Crippen molar-refractivity contribution in [1.29, 1.82) is 0 Å². The molecular weight excluding hydrogens is 334 g/mol. The second-order valence-electron chi connectivity index (χ2n) is 4.71. The second kappa shape index (κ2) is 6.76. The number of aromatic nitrogens is 2. The normalized spacial score (nSPS) is 11.0. The Bertz CT molecular complexity index is 796. The van der Waals surface area contributed by atoms with E-state index in [1.807, 2.05) is 6.92 Å². The fourth-order valence-corrected chi connectivity index (χ4v) is 4.92. The van der Waals surface area contributed by atoms with Gasteiger partial charge in [-0.1, -0.05) is 6.07 Å². The molecule has 22 heavy (non-hydrogen) atoms. The van der Waals surface area contributed by atoms with Gasteiger partial charge in [-0.05, 0) is 18.4 Å². The highest BCUT2D eigenvalue weighted by Gasteiger charge is 2.15. The number of rotatable bonds is 5. The molecule has 3 rings (SSSR count). The van der Waals surface area contributed by atoms with Crippen molar-refractivity contribution >= 4 is 50.6 Å². The Labute approximate surface area is 141 Å². The maximum absolute atomic E-state index is 10.9. The van der Waals surface area contributed by atoms with Gasteiger partial charge < -0.3 is 5.32 Å². The molecule has 3 aromatic heterocycles. The lowest BCUT2D eigenvalue weighted by molar-refractivity contribution is -0.118. The first-order valence-electron chi connectivity index (χ1n) is 6.82. The van der Waals surface area contributed by atoms with Crippen molar-refractivity contribution in [1.82, 2.24) is 15.3 Å². The van der Waals surface area contributed by atoms with Gasteiger partial charge in [-0.25, -0.2) is 9.97 Å². The molecular formula is C15H15N3OS3. The number of carbonyl (C=O) groups excluding carboxylic acids is 1. The highest BCUT2D eigenvalue weighted by atomic mass is 32.2. The first kappa shape index (κ1) is 15.5. The number of hydrogen-bond donors (Lipinski definition) is 1. The van der Waals surface area contributed by atoms with E-state index in [0.717, 1.165) is 26.8 Å². The summed E-state index contributed by atoms with van der Waals surface area (Å²) in [6, 6.07) is 4.18. The number of thiophene rings is 2. The third-order valence-corrected chi connectivity index (χ3v) is 5.77. The highest BCUT2D eigenvalue weighted by Crippen LogP contribution is 2.39. The van der Waals surface area contributed by atoms with Crippen LogP contribution >= 0.6 is 34.4 Å². The van der Waals surface area contributed by atoms with Gasteiger partial charge in [-0.3, -0.25) is 4.79 Å². The third-order valence-electron chi connectivity index (χ3n) is 3.01. The zero-order chi connectivity index (χ0) is 15.5. The van der Waals surface area contributed by atoms with E-state index in [0.29, 0.717) is 6.54 Å². The second-order valence-corrected chi connectivity index (χ2v) is 7.60. The molecule has 0 aliphatic carbocycles. The van der Waals surface area contributed by atoms with Crippen LogP contribution in [0.1, 0.15) is 12.7 Å². The van der Waals surface area contributed by atoms with Gasteiger partial charge in [0, 0.05) is 35.0 Å². The Morgan fingerprint density at radius 1 is 1.36 bits per heavy atom. The van der Waals surface area contributed by atoms with Crippen LogP contribution in [0.15, 0.2) is 27.9 Å². The van der Waals surface area contributed by atoms with Gasteiger partial charge in [0.25, 0.3) is 0 Å². The summed E-state index contributed by atoms with van der Waals surface area (Å²) in [6.07, 6.45) is 0. The van der Waals surface area contributed by atoms with Gasteiger partial charge in [0.2, 0.25) is 5.91 Å². The van der Waals surface area contributed by atoms with E-state index < -0.39 is 0 Å². The zero-order valence-corrected chi connectivity index (χ0v) is 14.7. The first-order chi connectivity index (χ1) is 10.6. The maximum atomic E-state index is 10.9. The molecule has 0 aromatic carbocycles. The number of amides is 1. The van der Waals surface area contributed by atoms with Crippen LogP contribution in [0.25, 0.3) is 20.7 Å². The molecule has 3 aromatic rings. The maximum Gasteiger partial charge on any atom is 0.216 e. The molecule has 0 atom stereocenters. The van der Waals surface area contributed by atoms with Gasteiger partial charge >= 0.3 is 0 Å². The van der Waals surface area contributed by atoms with Crippen molar-refractivity contribution in [3.8, 4) is 10.4 Å². The van der Waals surface area contributed by atoms with E-state index in [9.17, 15) is 4.79 Å². The van der Waals surface area contributed by atoms with E-state index in [1.54, 1.807) is 34.4 Å². The molecule has 4 nitrogen and oxygen atoms in total. The van der Waals surface area contributed by atoms with Crippen LogP contribution < -0.4 is 5.32 Å². The van der Waals surface area contributed by atoms with Crippen LogP contribution in [0, 0.1) is 6.92 Å². The number of thioether (sulfide) groups is 1. The summed E-state index contributed by atoms with van der Waals surface area (Å²) < 4.78 is 0. The monoisotopic (exact) mass is 349 g/mol. The number of nitrogens with zero attached hydrogens (tertiary/aromatic N) is 2. The summed E-state index contributed by atoms with van der Waals surface area (Å²) in [6.45, 7) is 4.09. The third kappa shape index (κ3) is 3.31. The van der Waals surface area contributed by atoms with E-state index in [2.05, 4.69) is 38.2 Å². The molecule has 0 saturated heterocycles. The van der Waals surface area contributed by atoms with Crippen molar-refractivity contribution in [2.75, 3.05) is 12.3 Å². The fraction of sp³-hybridized carbons (Fsp3) is 0.267. The lowest BCUT2D eigenvalue weighted by atomic mass is 10.2. The topological polar surface area (TPSA) is 54.9 Å². The van der Waals surface area contributed by atoms with Gasteiger partial charge in [-0.15, -0.1) is 34.4 Å². The van der Waals surface area contributed by atoms with E-state index in [-0.39, 0.29) is 5.91 Å². The molecule has 0 unspecified atom stereocenters. The van der Waals surface area contributed by atoms with Gasteiger partial charge in [0.1, 0.15) is 15.7 Å². The van der Waals surface area contributed by atoms with Gasteiger partial charge in [0.15, 0.2) is 0 Å². The molecule has 0 aliphatic rings. The predicted molar refractivity (Wildman–Crippen MR) is 94.9 cm³/mol. The number of hydrogen-bond acceptors (Lipinski definition) is 6. The minimum absolute atomic E-state index is 0.000534. The summed E-state index contributed by atoms with van der Waals surface area (Å²) in [7, 11) is 0. The van der Waals surface area contributed by atoms with Crippen molar-refractivity contribution < 1.29 is 4.79 Å². The Balaban J connectivity index is 1.93. The molecule has 114 valence electrons. The molecule has 0 aliphatic heterocycles. The van der Waals surface area contributed by atoms with Crippen molar-refractivity contribution in [3.05, 3.63) is 28.7 Å². The predicted octanol–water partition coefficient (Wildman–Crippen LogP) is 3.96. The highest BCUT2D eigenvalue weighted by molar-refractivity contribution is 7.99. The Hall–Kier alpha value is -1.44. The molecule has 1 amide bonds. The molecule has 7 heteroatoms. The van der Waals surface area contributed by atoms with E-state index in [4.69, 9.17) is 0 Å². The first-order valence-corrected chi connectivity index (χ1v) is 9.56. The van der Waals surface area contributed by atoms with Crippen LogP contribution in [-0.2, 0) is 4.79 Å². The summed E-state index contributed by atoms with van der Waals surface area (Å²) >= 11 is 5.05. The van der Waals surface area contributed by atoms with Crippen LogP contribution in [0.2, 0.25) is 0 Å². The van der Waals surface area contributed by atoms with Crippen LogP contribution in [0.3, 0.4) is 0 Å². The fourth-order valence-electron chi connectivity index (χ4n) is 2.10. The summed E-state index contributed by atoms with van der Waals surface area (Å²) in [4.78, 5) is 22.4. The van der Waals surface area contributed by atoms with Gasteiger partial charge in [-0.2, -0.15) is 0 Å². The zero-order valence-electron chi connectivity index (χ0n) is 12.3. The molecule has 0 bridgehead atoms. The Morgan fingerprint density at radius 2 is 2.23 bits per heavy atom. The molecule has 0 saturated carbocycles. The standard InChI is InChI=1S/C15H15N3OS3/c1-9-17-14(21-7-5-16-10(2)19)13-11(8-22-15(13)18-9)12-4-3-6-20-12/h3-4,6,8H,5,7H2,1-2H3,(H,16,19). The number of aryl methyl sites for hydroxylation is 1. The molecule has 0 fully saturated rings. The minimum atomic E-state index is -0.000534. The summed E-state index contributed by atoms with van der Waals surface area (Å²) in [5.74, 6) is 1.58. The lowest BCUT2D eigenvalue weighted by Gasteiger charge is -2.06. The molecule has 0 spiro atoms. The molecule has 1 N–H and O–H groups in total. The number of carbonyl (C=O) groups is 1. The van der Waals surface area contributed by atoms with Crippen molar-refractivity contribution in [2.24, 2.45) is 0 Å². The number of fused-ring (bicyclic) bond motifs is 1. The van der Waals surface area contributed by atoms with Crippen molar-refractivity contribution in [3.63, 3.8) is 0 Å². The van der Waals surface area contributed by atoms with Gasteiger partial charge in [0.05, 0.1) is 5.39 Å². The average Bonchev–Trinajstić information content (AvgIpc) is 3.11. The van der Waals surface area contributed by atoms with E-state index in [1.165, 1.54) is 17.4 Å². The summed E-state index contributed by atoms with van der Waals surface area (Å²) in [5.41, 5.74) is 1.21. The largest absolute Gasteiger partial charge is 0.356 e. The van der Waals surface area contributed by atoms with Crippen LogP contribution in [-0.4, -0.2) is 28.2 Å². The molecule has 3 heterocycles. The lowest BCUT2D eigenvalue weighted by Crippen LogP contribution is -2.22. The van der Waals surface area contributed by atoms with Crippen molar-refractivity contribution in [2.45, 2.75) is 18.9 Å². The average molecular weight is 350 g/mol. The summed E-state index contributed by atoms with van der Waals surface area (Å²) in [5, 5.41) is 9.18. The Morgan fingerprint density at radius 3 is 2.95 bits per heavy atom. The quantitative estimate of drug-likeness (QED) is 0.430. The van der Waals surface area contributed by atoms with Crippen LogP contribution in [0.4, 0.5) is 0 Å². The van der Waals surface area contributed by atoms with E-state index >= 15 is 0 Å². The number of nitrogens with one attached hydrogen (secondary N) is 1.